The molecule has 9 aromatic carbocycles. The van der Waals surface area contributed by atoms with Crippen LogP contribution in [0.3, 0.4) is 0 Å². The normalized spacial score (nSPS) is 13.3. The van der Waals surface area contributed by atoms with Crippen LogP contribution < -0.4 is 0 Å². The zero-order valence-corrected chi connectivity index (χ0v) is 29.4. The second kappa shape index (κ2) is 9.45. The second-order valence-electron chi connectivity index (χ2n) is 15.3. The van der Waals surface area contributed by atoms with E-state index in [4.69, 9.17) is 0 Å². The summed E-state index contributed by atoms with van der Waals surface area (Å²) in [6.07, 6.45) is 4.56. The first kappa shape index (κ1) is 27.7. The van der Waals surface area contributed by atoms with Gasteiger partial charge in [-0.05, 0) is 12.8 Å². The molecule has 0 bridgehead atoms. The van der Waals surface area contributed by atoms with E-state index in [1.807, 2.05) is 0 Å². The van der Waals surface area contributed by atoms with Gasteiger partial charge in [0, 0.05) is 99.3 Å². The van der Waals surface area contributed by atoms with E-state index in [-0.39, 0.29) is 0 Å². The topological polar surface area (TPSA) is 41.4 Å². The molecule has 248 valence electrons. The predicted octanol–water partition coefficient (Wildman–Crippen LogP) is 13.7. The fourth-order valence-electron chi connectivity index (χ4n) is 10.8. The lowest BCUT2D eigenvalue weighted by molar-refractivity contribution is 0.667. The molecule has 4 heterocycles. The van der Waals surface area contributed by atoms with Gasteiger partial charge >= 0.3 is 0 Å². The van der Waals surface area contributed by atoms with E-state index in [1.165, 1.54) is 130 Å². The fraction of sp³-hybridized carbons (Fsp3) is 0.167. The number of unbranched alkanes of at least 4 members (excludes halogenated alkanes) is 2. The first-order chi connectivity index (χ1) is 25.8. The van der Waals surface area contributed by atoms with Crippen LogP contribution >= 0.6 is 0 Å². The van der Waals surface area contributed by atoms with Crippen LogP contribution in [0, 0.1) is 0 Å². The van der Waals surface area contributed by atoms with E-state index in [0.29, 0.717) is 0 Å². The van der Waals surface area contributed by atoms with Crippen LogP contribution in [-0.4, -0.2) is 19.1 Å². The van der Waals surface area contributed by atoms with Gasteiger partial charge in [0.2, 0.25) is 0 Å². The molecule has 0 aliphatic carbocycles. The molecule has 52 heavy (non-hydrogen) atoms. The maximum absolute atomic E-state index is 4.17. The molecule has 2 N–H and O–H groups in total. The van der Waals surface area contributed by atoms with Crippen molar-refractivity contribution in [2.75, 3.05) is 0 Å². The number of rotatable bonds is 6. The molecule has 13 aromatic rings. The maximum atomic E-state index is 4.17. The van der Waals surface area contributed by atoms with Crippen LogP contribution in [0.25, 0.3) is 130 Å². The number of aromatic amines is 2. The van der Waals surface area contributed by atoms with Crippen molar-refractivity contribution in [2.45, 2.75) is 52.6 Å². The monoisotopic (exact) mass is 668 g/mol. The summed E-state index contributed by atoms with van der Waals surface area (Å²) in [5.74, 6) is 0. The van der Waals surface area contributed by atoms with Gasteiger partial charge in [-0.15, -0.1) is 0 Å². The van der Waals surface area contributed by atoms with Gasteiger partial charge in [-0.1, -0.05) is 124 Å². The van der Waals surface area contributed by atoms with Gasteiger partial charge < -0.3 is 19.1 Å². The molecule has 4 nitrogen and oxygen atoms in total. The first-order valence-electron chi connectivity index (χ1n) is 19.3. The third-order valence-electron chi connectivity index (χ3n) is 12.8. The van der Waals surface area contributed by atoms with Gasteiger partial charge in [-0.25, -0.2) is 0 Å². The minimum atomic E-state index is 0.985. The molecular formula is C48H36N4. The summed E-state index contributed by atoms with van der Waals surface area (Å²) < 4.78 is 5.45. The van der Waals surface area contributed by atoms with Gasteiger partial charge in [-0.3, -0.25) is 0 Å². The number of H-pyrrole nitrogens is 2. The Bertz CT molecular complexity index is 3140. The number of nitrogens with one attached hydrogen (secondary N) is 2. The molecule has 4 heteroatoms. The van der Waals surface area contributed by atoms with E-state index in [9.17, 15) is 0 Å². The van der Waals surface area contributed by atoms with Crippen molar-refractivity contribution in [2.24, 2.45) is 0 Å². The molecule has 0 unspecified atom stereocenters. The van der Waals surface area contributed by atoms with Crippen LogP contribution in [0.1, 0.15) is 39.5 Å². The van der Waals surface area contributed by atoms with Gasteiger partial charge in [0.1, 0.15) is 0 Å². The van der Waals surface area contributed by atoms with Crippen LogP contribution in [0.5, 0.6) is 0 Å². The van der Waals surface area contributed by atoms with E-state index in [2.05, 4.69) is 130 Å². The summed E-state index contributed by atoms with van der Waals surface area (Å²) in [7, 11) is 0. The van der Waals surface area contributed by atoms with E-state index < -0.39 is 0 Å². The summed E-state index contributed by atoms with van der Waals surface area (Å²) in [6, 6.07) is 36.7. The minimum Gasteiger partial charge on any atom is -0.353 e. The summed E-state index contributed by atoms with van der Waals surface area (Å²) in [5, 5.41) is 21.7. The Hall–Kier alpha value is -6.00. The fourth-order valence-corrected chi connectivity index (χ4v) is 10.8. The molecule has 0 saturated heterocycles. The molecule has 0 radical (unpaired) electrons. The Morgan fingerprint density at radius 3 is 0.846 bits per heavy atom. The molecule has 0 aliphatic rings. The van der Waals surface area contributed by atoms with Crippen molar-refractivity contribution in [3.8, 4) is 0 Å². The summed E-state index contributed by atoms with van der Waals surface area (Å²) in [5.41, 5.74) is 10.6. The van der Waals surface area contributed by atoms with E-state index in [1.54, 1.807) is 0 Å². The lowest BCUT2D eigenvalue weighted by Gasteiger charge is -2.12. The van der Waals surface area contributed by atoms with Crippen LogP contribution in [-0.2, 0) is 13.1 Å². The van der Waals surface area contributed by atoms with Crippen molar-refractivity contribution in [3.05, 3.63) is 97.1 Å². The number of benzene rings is 8. The summed E-state index contributed by atoms with van der Waals surface area (Å²) >= 11 is 0. The summed E-state index contributed by atoms with van der Waals surface area (Å²) in [6.45, 7) is 6.61. The molecule has 4 aromatic heterocycles. The molecular weight excluding hydrogens is 633 g/mol. The third kappa shape index (κ3) is 2.95. The van der Waals surface area contributed by atoms with Crippen molar-refractivity contribution < 1.29 is 0 Å². The van der Waals surface area contributed by atoms with E-state index >= 15 is 0 Å². The lowest BCUT2D eigenvalue weighted by atomic mass is 9.89. The lowest BCUT2D eigenvalue weighted by Crippen LogP contribution is -1.99. The highest BCUT2D eigenvalue weighted by molar-refractivity contribution is 6.54. The highest BCUT2D eigenvalue weighted by Gasteiger charge is 2.32. The zero-order valence-electron chi connectivity index (χ0n) is 29.4. The average molecular weight is 669 g/mol. The van der Waals surface area contributed by atoms with Crippen molar-refractivity contribution in [1.29, 1.82) is 0 Å². The molecule has 0 fully saturated rings. The molecule has 0 spiro atoms. The quantitative estimate of drug-likeness (QED) is 0.177. The van der Waals surface area contributed by atoms with Crippen molar-refractivity contribution in [1.82, 2.24) is 19.1 Å². The Balaban J connectivity index is 1.52. The number of aryl methyl sites for hydroxylation is 2. The van der Waals surface area contributed by atoms with Crippen LogP contribution in [0.4, 0.5) is 0 Å². The minimum absolute atomic E-state index is 0.985. The molecule has 0 saturated carbocycles. The molecule has 0 aliphatic heterocycles. The van der Waals surface area contributed by atoms with Gasteiger partial charge in [0.05, 0.1) is 44.1 Å². The molecule has 0 atom stereocenters. The Labute approximate surface area is 298 Å². The Kier molecular flexibility index (Phi) is 5.03. The van der Waals surface area contributed by atoms with Gasteiger partial charge in [0.15, 0.2) is 0 Å². The maximum Gasteiger partial charge on any atom is 0.0579 e. The molecule has 13 rings (SSSR count). The Morgan fingerprint density at radius 1 is 0.346 bits per heavy atom. The highest BCUT2D eigenvalue weighted by atomic mass is 15.0. The SMILES string of the molecule is CCCCn1c2c3ccccc3c3[nH]c4c5ccccc5c5c6c4c3c2c2c3c([nH]c4c7ccccc7c(c6c43)n5CCCC)c3ccccc3c21. The molecule has 0 amide bonds. The van der Waals surface area contributed by atoms with E-state index in [0.717, 1.165) is 38.8 Å². The zero-order chi connectivity index (χ0) is 34.0. The number of nitrogens with zero attached hydrogens (tertiary/aromatic N) is 2. The third-order valence-corrected chi connectivity index (χ3v) is 12.8. The Morgan fingerprint density at radius 2 is 0.596 bits per heavy atom. The number of hydrogen-bond acceptors (Lipinski definition) is 0. The smallest absolute Gasteiger partial charge is 0.0579 e. The standard InChI is InChI=1S/C48H36N4/c1-3-5-23-51-45-29-19-11-7-15-25(29)41-33-35-39-40-36-34-38(37(33)45)46(51)30-20-12-8-16-26(30)42(34)50-44(36)28-18-10-14-22-32(28)48(40)52(24-6-4-2)47(39)31-21-13-9-17-27(31)43(35)49-41/h7-22,49-50H,3-6,23-24H2,1-2H3. The predicted molar refractivity (Wildman–Crippen MR) is 225 cm³/mol. The number of fused-ring (bicyclic) bond motifs is 12. The van der Waals surface area contributed by atoms with Crippen molar-refractivity contribution in [3.63, 3.8) is 0 Å². The largest absolute Gasteiger partial charge is 0.353 e. The number of aromatic nitrogens is 4. The highest BCUT2D eigenvalue weighted by Crippen LogP contribution is 2.57. The second-order valence-corrected chi connectivity index (χ2v) is 15.3. The first-order valence-corrected chi connectivity index (χ1v) is 19.3. The van der Waals surface area contributed by atoms with Gasteiger partial charge in [-0.2, -0.15) is 0 Å². The van der Waals surface area contributed by atoms with Crippen molar-refractivity contribution >= 4 is 130 Å². The summed E-state index contributed by atoms with van der Waals surface area (Å²) in [4.78, 5) is 8.34. The van der Waals surface area contributed by atoms with Crippen LogP contribution in [0.2, 0.25) is 0 Å². The number of hydrogen-bond donors (Lipinski definition) is 2. The van der Waals surface area contributed by atoms with Gasteiger partial charge in [0.25, 0.3) is 0 Å². The van der Waals surface area contributed by atoms with Crippen LogP contribution in [0.15, 0.2) is 97.1 Å². The average Bonchev–Trinajstić information content (AvgIpc) is 3.94.